The lowest BCUT2D eigenvalue weighted by Crippen LogP contribution is -2.30. The van der Waals surface area contributed by atoms with Crippen LogP contribution in [0.1, 0.15) is 289 Å². The second kappa shape index (κ2) is 38.2. The summed E-state index contributed by atoms with van der Waals surface area (Å²) in [7, 11) is 8.49. The van der Waals surface area contributed by atoms with Gasteiger partial charge in [-0.15, -0.1) is 0 Å². The molecular weight excluding hydrogens is 1470 g/mol. The summed E-state index contributed by atoms with van der Waals surface area (Å²) in [6.45, 7) is 8.73. The van der Waals surface area contributed by atoms with Crippen LogP contribution in [-0.4, -0.2) is 0 Å². The summed E-state index contributed by atoms with van der Waals surface area (Å²) < 4.78 is 27.3. The van der Waals surface area contributed by atoms with E-state index in [1.54, 1.807) is 11.1 Å². The molecule has 8 aliphatic rings. The van der Waals surface area contributed by atoms with Crippen LogP contribution in [0.4, 0.5) is 0 Å². The van der Waals surface area contributed by atoms with Gasteiger partial charge in [-0.3, -0.25) is 0 Å². The third kappa shape index (κ3) is 19.5. The SMILES string of the molecule is Cc1ccccc1-c1cc(-c2ccc(C3CCC4(CCCC4)CC3)cc2)cc[n+]1C.Cc1ccccc1-c1cc(-c2ccc(C3CCC4(CCCCC4)CC3)cc2)cc[n+]1C.[2H]C1(c2ccc(-c3cc[n+](C)c(-c4ccccc4C)c3)cc2)CCC2(CCCC2)CC1.[2H]C1(c2ccc(-c3cc[n+](C)c(-c4ccccc4C)c3)cc2)CCC2(CCCCC2)CC1. The highest BCUT2D eigenvalue weighted by atomic mass is 14.9. The van der Waals surface area contributed by atoms with Gasteiger partial charge in [0.2, 0.25) is 22.8 Å². The molecule has 0 atom stereocenters. The van der Waals surface area contributed by atoms with Crippen LogP contribution in [-0.2, 0) is 28.2 Å². The molecule has 8 aliphatic carbocycles. The molecule has 4 heteroatoms. The highest BCUT2D eigenvalue weighted by Crippen LogP contribution is 2.56. The summed E-state index contributed by atoms with van der Waals surface area (Å²) in [5.41, 5.74) is 33.6. The van der Waals surface area contributed by atoms with Gasteiger partial charge in [0.05, 0.1) is 0 Å². The van der Waals surface area contributed by atoms with Gasteiger partial charge in [0.25, 0.3) is 0 Å². The van der Waals surface area contributed by atoms with Gasteiger partial charge < -0.3 is 0 Å². The van der Waals surface area contributed by atoms with Crippen molar-refractivity contribution in [2.75, 3.05) is 0 Å². The van der Waals surface area contributed by atoms with Crippen LogP contribution >= 0.6 is 0 Å². The highest BCUT2D eigenvalue weighted by Gasteiger charge is 2.41. The molecule has 0 aliphatic heterocycles. The van der Waals surface area contributed by atoms with Crippen LogP contribution in [0.15, 0.2) is 267 Å². The second-order valence-electron chi connectivity index (χ2n) is 39.6. The summed E-state index contributed by atoms with van der Waals surface area (Å²) >= 11 is 0. The third-order valence-electron chi connectivity index (χ3n) is 32.0. The van der Waals surface area contributed by atoms with Gasteiger partial charge in [-0.05, 0) is 340 Å². The molecule has 12 aromatic rings. The summed E-state index contributed by atoms with van der Waals surface area (Å²) in [5.74, 6) is 0.720. The monoisotopic (exact) mass is 1620 g/mol. The van der Waals surface area contributed by atoms with Gasteiger partial charge in [0.1, 0.15) is 28.2 Å². The van der Waals surface area contributed by atoms with E-state index >= 15 is 0 Å². The number of benzene rings is 8. The second-order valence-corrected chi connectivity index (χ2v) is 39.6. The summed E-state index contributed by atoms with van der Waals surface area (Å²) in [5, 5.41) is 0. The van der Waals surface area contributed by atoms with Gasteiger partial charge in [0.15, 0.2) is 24.8 Å². The van der Waals surface area contributed by atoms with E-state index in [1.807, 2.05) is 0 Å². The fraction of sp³-hybridized carbons (Fsp3) is 0.424. The predicted molar refractivity (Wildman–Crippen MR) is 511 cm³/mol. The summed E-state index contributed by atoms with van der Waals surface area (Å²) in [4.78, 5) is 0. The molecule has 4 heterocycles. The van der Waals surface area contributed by atoms with Crippen molar-refractivity contribution in [3.63, 3.8) is 0 Å². The van der Waals surface area contributed by atoms with Crippen LogP contribution in [0.5, 0.6) is 0 Å². The lowest BCUT2D eigenvalue weighted by molar-refractivity contribution is -0.660. The number of aromatic nitrogens is 4. The Morgan fingerprint density at radius 2 is 0.426 bits per heavy atom. The first kappa shape index (κ1) is 82.0. The molecule has 0 amide bonds. The molecule has 0 saturated heterocycles. The number of aryl methyl sites for hydroxylation is 8. The van der Waals surface area contributed by atoms with Crippen LogP contribution < -0.4 is 18.3 Å². The molecule has 8 fully saturated rings. The van der Waals surface area contributed by atoms with Crippen molar-refractivity contribution in [2.24, 2.45) is 49.9 Å². The van der Waals surface area contributed by atoms with Crippen LogP contribution in [0, 0.1) is 49.4 Å². The topological polar surface area (TPSA) is 15.5 Å². The van der Waals surface area contributed by atoms with Gasteiger partial charge in [-0.1, -0.05) is 234 Å². The molecular formula is C118H140N4+4. The first-order valence-corrected chi connectivity index (χ1v) is 47.9. The smallest absolute Gasteiger partial charge is 0.201 e. The van der Waals surface area contributed by atoms with Crippen molar-refractivity contribution in [3.05, 3.63) is 312 Å². The minimum absolute atomic E-state index is 0.401. The lowest BCUT2D eigenvalue weighted by atomic mass is 9.62. The molecule has 0 unspecified atom stereocenters. The van der Waals surface area contributed by atoms with Crippen molar-refractivity contribution in [1.29, 1.82) is 0 Å². The van der Waals surface area contributed by atoms with E-state index in [0.717, 1.165) is 42.9 Å². The van der Waals surface area contributed by atoms with E-state index < -0.39 is 11.8 Å². The summed E-state index contributed by atoms with van der Waals surface area (Å²) in [6.07, 6.45) is 55.0. The zero-order valence-corrected chi connectivity index (χ0v) is 75.4. The fourth-order valence-corrected chi connectivity index (χ4v) is 23.9. The average Bonchev–Trinajstić information content (AvgIpc) is 1.07. The Morgan fingerprint density at radius 3 is 0.656 bits per heavy atom. The van der Waals surface area contributed by atoms with Crippen molar-refractivity contribution >= 4 is 0 Å². The highest BCUT2D eigenvalue weighted by molar-refractivity contribution is 5.74. The Hall–Kier alpha value is -9.64. The quantitative estimate of drug-likeness (QED) is 0.108. The van der Waals surface area contributed by atoms with Gasteiger partial charge >= 0.3 is 0 Å². The Balaban J connectivity index is 0.000000117. The van der Waals surface area contributed by atoms with Gasteiger partial charge in [0, 0.05) is 73.5 Å². The molecule has 8 saturated carbocycles. The number of rotatable bonds is 12. The molecule has 4 spiro atoms. The number of hydrogen-bond donors (Lipinski definition) is 0. The van der Waals surface area contributed by atoms with Gasteiger partial charge in [-0.25, -0.2) is 18.3 Å². The maximum absolute atomic E-state index is 9.23. The van der Waals surface area contributed by atoms with Crippen molar-refractivity contribution in [2.45, 2.75) is 270 Å². The molecule has 0 radical (unpaired) electrons. The minimum Gasteiger partial charge on any atom is -0.201 e. The Bertz CT molecular complexity index is 5590. The maximum atomic E-state index is 9.23. The third-order valence-corrected chi connectivity index (χ3v) is 32.0. The van der Waals surface area contributed by atoms with Crippen molar-refractivity contribution < 1.29 is 21.0 Å². The van der Waals surface area contributed by atoms with Crippen molar-refractivity contribution in [3.8, 4) is 89.5 Å². The fourth-order valence-electron chi connectivity index (χ4n) is 23.9. The molecule has 20 rings (SSSR count). The maximum Gasteiger partial charge on any atom is 0.213 e. The average molecular weight is 1620 g/mol. The zero-order chi connectivity index (χ0) is 85.5. The molecule has 122 heavy (non-hydrogen) atoms. The van der Waals surface area contributed by atoms with E-state index in [9.17, 15) is 2.74 Å². The molecule has 8 aromatic carbocycles. The van der Waals surface area contributed by atoms with Gasteiger partial charge in [-0.2, -0.15) is 0 Å². The Kier molecular flexibility index (Phi) is 25.7. The normalized spacial score (nSPS) is 21.6. The molecule has 0 N–H and O–H groups in total. The van der Waals surface area contributed by atoms with E-state index in [4.69, 9.17) is 0 Å². The first-order chi connectivity index (χ1) is 60.2. The molecule has 628 valence electrons. The predicted octanol–water partition coefficient (Wildman–Crippen LogP) is 30.3. The van der Waals surface area contributed by atoms with Crippen LogP contribution in [0.2, 0.25) is 0 Å². The molecule has 4 aromatic heterocycles. The Morgan fingerprint density at radius 1 is 0.221 bits per heavy atom. The van der Waals surface area contributed by atoms with E-state index in [2.05, 4.69) is 342 Å². The molecule has 0 bridgehead atoms. The van der Waals surface area contributed by atoms with Crippen LogP contribution in [0.3, 0.4) is 0 Å². The number of pyridine rings is 4. The molecule has 4 nitrogen and oxygen atoms in total. The first-order valence-electron chi connectivity index (χ1n) is 48.9. The largest absolute Gasteiger partial charge is 0.213 e. The lowest BCUT2D eigenvalue weighted by Gasteiger charge is -2.43. The van der Waals surface area contributed by atoms with E-state index in [-0.39, 0.29) is 0 Å². The van der Waals surface area contributed by atoms with E-state index in [1.165, 1.54) is 316 Å². The number of nitrogens with zero attached hydrogens (tertiary/aromatic N) is 4. The van der Waals surface area contributed by atoms with E-state index in [0.29, 0.717) is 16.2 Å². The standard InChI is InChI=1S/2C30H36N.2C29H34N/c2*1-23-8-4-5-9-28(23)29-22-27(16-21-31(29)2)25-12-10-24(11-13-25)26-14-19-30(20-15-26)17-6-3-7-18-30;2*1-22-7-3-4-8-27(22)28-21-26(15-20-30(28)2)24-11-9-23(10-12-24)25-13-18-29(19-14-25)16-5-6-17-29/h2*4-5,8-13,16,21-22,26H,3,6-7,14-15,17-20H2,1-2H3;2*3-4,7-12,15,20-21,25H,5-6,13-14,16-19H2,1-2H3/q4*+1/i26D;;25D;. The number of hydrogen-bond acceptors (Lipinski definition) is 0. The van der Waals surface area contributed by atoms with Crippen LogP contribution in [0.25, 0.3) is 89.5 Å². The summed E-state index contributed by atoms with van der Waals surface area (Å²) in [6, 6.07) is 89.3. The zero-order valence-electron chi connectivity index (χ0n) is 77.4. The Labute approximate surface area is 737 Å². The minimum atomic E-state index is -0.406. The van der Waals surface area contributed by atoms with Crippen molar-refractivity contribution in [1.82, 2.24) is 0 Å².